The number of rotatable bonds is 2. The average molecular weight is 342 g/mol. The van der Waals surface area contributed by atoms with Gasteiger partial charge in [-0.25, -0.2) is 0 Å². The van der Waals surface area contributed by atoms with E-state index in [0.29, 0.717) is 43.6 Å². The molecule has 3 saturated carbocycles. The molecule has 3 nitrogen and oxygen atoms in total. The summed E-state index contributed by atoms with van der Waals surface area (Å²) in [7, 11) is 0. The maximum atomic E-state index is 13.2. The third kappa shape index (κ3) is 2.23. The Morgan fingerprint density at radius 3 is 2.84 bits per heavy atom. The molecule has 0 heterocycles. The second kappa shape index (κ2) is 5.82. The van der Waals surface area contributed by atoms with E-state index in [4.69, 9.17) is 4.74 Å². The molecule has 25 heavy (non-hydrogen) atoms. The smallest absolute Gasteiger partial charge is 0.316 e. The molecule has 0 amide bonds. The lowest BCUT2D eigenvalue weighted by molar-refractivity contribution is -0.164. The van der Waals surface area contributed by atoms with Crippen LogP contribution in [0.2, 0.25) is 0 Å². The number of Topliss-reactive ketones (excluding diaryl/α,β-unsaturated/α-hetero) is 1. The lowest BCUT2D eigenvalue weighted by Crippen LogP contribution is -2.54. The lowest BCUT2D eigenvalue weighted by Gasteiger charge is -2.56. The van der Waals surface area contributed by atoms with Crippen molar-refractivity contribution >= 4 is 11.8 Å². The molecule has 3 fully saturated rings. The van der Waals surface area contributed by atoms with Gasteiger partial charge in [0.1, 0.15) is 5.78 Å². The Bertz CT molecular complexity index is 660. The van der Waals surface area contributed by atoms with Gasteiger partial charge in [-0.05, 0) is 74.2 Å². The van der Waals surface area contributed by atoms with Crippen molar-refractivity contribution in [2.24, 2.45) is 28.6 Å². The molecule has 4 rings (SSSR count). The molecular weight excluding hydrogens is 312 g/mol. The molecule has 0 aromatic rings. The van der Waals surface area contributed by atoms with Gasteiger partial charge >= 0.3 is 5.97 Å². The summed E-state index contributed by atoms with van der Waals surface area (Å²) < 4.78 is 5.57. The topological polar surface area (TPSA) is 43.4 Å². The van der Waals surface area contributed by atoms with Crippen LogP contribution in [0.15, 0.2) is 23.8 Å². The van der Waals surface area contributed by atoms with Gasteiger partial charge in [-0.3, -0.25) is 9.59 Å². The van der Waals surface area contributed by atoms with Crippen LogP contribution in [0, 0.1) is 28.6 Å². The molecule has 0 saturated heterocycles. The summed E-state index contributed by atoms with van der Waals surface area (Å²) in [6.45, 7) is 9.06. The number of fused-ring (bicyclic) bond motifs is 5. The molecule has 0 bridgehead atoms. The summed E-state index contributed by atoms with van der Waals surface area (Å²) in [5, 5.41) is 0. The molecule has 3 heteroatoms. The van der Waals surface area contributed by atoms with Gasteiger partial charge in [-0.1, -0.05) is 25.2 Å². The van der Waals surface area contributed by atoms with Gasteiger partial charge in [-0.15, -0.1) is 0 Å². The fourth-order valence-corrected chi connectivity index (χ4v) is 6.69. The molecule has 0 N–H and O–H groups in total. The van der Waals surface area contributed by atoms with Crippen molar-refractivity contribution in [1.82, 2.24) is 0 Å². The van der Waals surface area contributed by atoms with Crippen LogP contribution in [0.1, 0.15) is 65.2 Å². The molecular formula is C22H30O3. The molecule has 0 radical (unpaired) electrons. The highest BCUT2D eigenvalue weighted by molar-refractivity contribution is 5.90. The molecule has 0 spiro atoms. The predicted octanol–water partition coefficient (Wildman–Crippen LogP) is 4.62. The van der Waals surface area contributed by atoms with E-state index in [1.807, 2.05) is 6.92 Å². The van der Waals surface area contributed by atoms with E-state index in [-0.39, 0.29) is 17.2 Å². The molecule has 0 aromatic carbocycles. The van der Waals surface area contributed by atoms with Crippen molar-refractivity contribution in [3.63, 3.8) is 0 Å². The third-order valence-corrected chi connectivity index (χ3v) is 8.06. The highest BCUT2D eigenvalue weighted by Crippen LogP contribution is 2.66. The number of hydrogen-bond acceptors (Lipinski definition) is 3. The van der Waals surface area contributed by atoms with Crippen LogP contribution in [0.5, 0.6) is 0 Å². The summed E-state index contributed by atoms with van der Waals surface area (Å²) in [4.78, 5) is 25.2. The first-order chi connectivity index (χ1) is 11.9. The van der Waals surface area contributed by atoms with Gasteiger partial charge in [-0.2, -0.15) is 0 Å². The van der Waals surface area contributed by atoms with E-state index in [0.717, 1.165) is 31.3 Å². The Kier molecular flexibility index (Phi) is 3.97. The Morgan fingerprint density at radius 2 is 2.08 bits per heavy atom. The average Bonchev–Trinajstić information content (AvgIpc) is 2.90. The number of allylic oxidation sites excluding steroid dienone is 2. The summed E-state index contributed by atoms with van der Waals surface area (Å²) in [5.41, 5.74) is 2.20. The number of ketones is 1. The number of carbonyl (C=O) groups excluding carboxylic acids is 2. The van der Waals surface area contributed by atoms with E-state index in [9.17, 15) is 9.59 Å². The van der Waals surface area contributed by atoms with Gasteiger partial charge in [0.2, 0.25) is 0 Å². The summed E-state index contributed by atoms with van der Waals surface area (Å²) >= 11 is 0. The Balaban J connectivity index is 1.76. The van der Waals surface area contributed by atoms with Gasteiger partial charge in [0.25, 0.3) is 0 Å². The van der Waals surface area contributed by atoms with Gasteiger partial charge < -0.3 is 4.74 Å². The van der Waals surface area contributed by atoms with Crippen molar-refractivity contribution in [2.75, 3.05) is 6.61 Å². The van der Waals surface area contributed by atoms with Crippen molar-refractivity contribution in [1.29, 1.82) is 0 Å². The fourth-order valence-electron chi connectivity index (χ4n) is 6.69. The first-order valence-corrected chi connectivity index (χ1v) is 10.00. The zero-order chi connectivity index (χ0) is 17.8. The maximum Gasteiger partial charge on any atom is 0.316 e. The fraction of sp³-hybridized carbons (Fsp3) is 0.727. The minimum atomic E-state index is -0.530. The first kappa shape index (κ1) is 17.1. The summed E-state index contributed by atoms with van der Waals surface area (Å²) in [6.07, 6.45) is 9.40. The number of carbonyl (C=O) groups is 2. The predicted molar refractivity (Wildman–Crippen MR) is 96.8 cm³/mol. The second-order valence-electron chi connectivity index (χ2n) is 8.85. The van der Waals surface area contributed by atoms with Crippen molar-refractivity contribution in [2.45, 2.75) is 65.2 Å². The minimum Gasteiger partial charge on any atom is -0.465 e. The maximum absolute atomic E-state index is 13.2. The highest BCUT2D eigenvalue weighted by atomic mass is 16.5. The van der Waals surface area contributed by atoms with Crippen LogP contribution in [0.25, 0.3) is 0 Å². The number of esters is 1. The van der Waals surface area contributed by atoms with Gasteiger partial charge in [0.05, 0.1) is 12.0 Å². The third-order valence-electron chi connectivity index (χ3n) is 8.06. The van der Waals surface area contributed by atoms with Crippen molar-refractivity contribution < 1.29 is 14.3 Å². The van der Waals surface area contributed by atoms with Gasteiger partial charge in [0, 0.05) is 12.8 Å². The van der Waals surface area contributed by atoms with E-state index in [1.54, 1.807) is 0 Å². The largest absolute Gasteiger partial charge is 0.465 e. The van der Waals surface area contributed by atoms with Crippen LogP contribution in [-0.4, -0.2) is 18.4 Å². The summed E-state index contributed by atoms with van der Waals surface area (Å²) in [6, 6.07) is 0. The van der Waals surface area contributed by atoms with Crippen molar-refractivity contribution in [3.05, 3.63) is 23.8 Å². The quantitative estimate of drug-likeness (QED) is 0.543. The number of hydrogen-bond donors (Lipinski definition) is 0. The molecule has 136 valence electrons. The van der Waals surface area contributed by atoms with E-state index < -0.39 is 5.41 Å². The first-order valence-electron chi connectivity index (χ1n) is 10.00. The molecule has 0 aliphatic heterocycles. The Hall–Kier alpha value is -1.38. The normalized spacial score (nSPS) is 43.0. The van der Waals surface area contributed by atoms with Crippen LogP contribution in [0.4, 0.5) is 0 Å². The standard InChI is InChI=1S/C22H30O3/c1-4-25-20(24)22-12-9-16(23)13-15(22)6-7-17-18-8-5-14(2)21(18,3)11-10-19(17)22/h6,17-19H,2,4-5,7-13H2,1,3H3/t17-,18-,19-,21-,22+/m0/s1. The molecule has 0 unspecified atom stereocenters. The zero-order valence-corrected chi connectivity index (χ0v) is 15.6. The van der Waals surface area contributed by atoms with E-state index >= 15 is 0 Å². The van der Waals surface area contributed by atoms with Crippen LogP contribution in [-0.2, 0) is 14.3 Å². The van der Waals surface area contributed by atoms with E-state index in [1.165, 1.54) is 12.0 Å². The minimum absolute atomic E-state index is 0.0659. The Labute approximate surface area is 150 Å². The zero-order valence-electron chi connectivity index (χ0n) is 15.6. The second-order valence-corrected chi connectivity index (χ2v) is 8.85. The van der Waals surface area contributed by atoms with E-state index in [2.05, 4.69) is 19.6 Å². The van der Waals surface area contributed by atoms with Crippen LogP contribution in [0.3, 0.4) is 0 Å². The number of ether oxygens (including phenoxy) is 1. The van der Waals surface area contributed by atoms with Gasteiger partial charge in [0.15, 0.2) is 0 Å². The van der Waals surface area contributed by atoms with Crippen LogP contribution < -0.4 is 0 Å². The molecule has 0 aromatic heterocycles. The molecule has 4 aliphatic rings. The molecule has 4 aliphatic carbocycles. The summed E-state index contributed by atoms with van der Waals surface area (Å²) in [5.74, 6) is 1.70. The monoisotopic (exact) mass is 342 g/mol. The lowest BCUT2D eigenvalue weighted by atomic mass is 9.47. The highest BCUT2D eigenvalue weighted by Gasteiger charge is 2.61. The van der Waals surface area contributed by atoms with Crippen molar-refractivity contribution in [3.8, 4) is 0 Å². The Morgan fingerprint density at radius 1 is 1.28 bits per heavy atom. The SMILES string of the molecule is C=C1CC[C@H]2[C@@H]3CC=C4CC(=O)CC[C@]4(C(=O)OCC)[C@H]3CC[C@@]12C. The molecule has 5 atom stereocenters. The van der Waals surface area contributed by atoms with Crippen LogP contribution >= 0.6 is 0 Å².